The minimum Gasteiger partial charge on any atom is -0.361 e. The number of pyridine rings is 1. The number of hydrazine groups is 1. The molecule has 1 aliphatic carbocycles. The zero-order valence-electron chi connectivity index (χ0n) is 14.7. The monoisotopic (exact) mass is 371 g/mol. The molecule has 0 spiro atoms. The third kappa shape index (κ3) is 4.87. The highest BCUT2D eigenvalue weighted by atomic mass is 16.6. The van der Waals surface area contributed by atoms with Crippen LogP contribution in [0.5, 0.6) is 0 Å². The molecule has 3 N–H and O–H groups in total. The van der Waals surface area contributed by atoms with E-state index in [0.717, 1.165) is 25.7 Å². The maximum Gasteiger partial charge on any atom is 0.354 e. The summed E-state index contributed by atoms with van der Waals surface area (Å²) in [7, 11) is 0. The number of rotatable bonds is 6. The van der Waals surface area contributed by atoms with E-state index in [4.69, 9.17) is 0 Å². The second-order valence-corrected chi connectivity index (χ2v) is 6.30. The third-order valence-electron chi connectivity index (χ3n) is 4.39. The Hall–Kier alpha value is -3.30. The lowest BCUT2D eigenvalue weighted by molar-refractivity contribution is -0.383. The lowest BCUT2D eigenvalue weighted by atomic mass is 10.1. The summed E-state index contributed by atoms with van der Waals surface area (Å²) in [5, 5.41) is 14.8. The lowest BCUT2D eigenvalue weighted by Gasteiger charge is -2.17. The minimum atomic E-state index is -0.561. The van der Waals surface area contributed by atoms with Crippen molar-refractivity contribution in [1.29, 1.82) is 0 Å². The second-order valence-electron chi connectivity index (χ2n) is 6.30. The highest BCUT2D eigenvalue weighted by Gasteiger charge is 2.25. The van der Waals surface area contributed by atoms with Crippen LogP contribution in [0.15, 0.2) is 30.7 Å². The molecular weight excluding hydrogens is 350 g/mol. The first-order chi connectivity index (χ1) is 13.1. The summed E-state index contributed by atoms with van der Waals surface area (Å²) < 4.78 is 0. The predicted molar refractivity (Wildman–Crippen MR) is 99.1 cm³/mol. The molecule has 0 bridgehead atoms. The summed E-state index contributed by atoms with van der Waals surface area (Å²) in [6.45, 7) is 0. The molecule has 1 fully saturated rings. The summed E-state index contributed by atoms with van der Waals surface area (Å²) in [6, 6.07) is 5.02. The van der Waals surface area contributed by atoms with Gasteiger partial charge in [0.15, 0.2) is 0 Å². The van der Waals surface area contributed by atoms with Crippen molar-refractivity contribution in [2.75, 3.05) is 10.7 Å². The Kier molecular flexibility index (Phi) is 6.08. The topological polar surface area (TPSA) is 135 Å². The van der Waals surface area contributed by atoms with Crippen molar-refractivity contribution in [2.24, 2.45) is 0 Å². The van der Waals surface area contributed by atoms with Crippen LogP contribution in [0.25, 0.3) is 0 Å². The van der Waals surface area contributed by atoms with Crippen LogP contribution in [0.1, 0.15) is 49.0 Å². The van der Waals surface area contributed by atoms with Crippen molar-refractivity contribution in [2.45, 2.75) is 44.6 Å². The molecule has 0 saturated heterocycles. The molecular formula is C17H21N7O3. The summed E-state index contributed by atoms with van der Waals surface area (Å²) in [4.78, 5) is 35.0. The highest BCUT2D eigenvalue weighted by Crippen LogP contribution is 2.30. The molecule has 0 atom stereocenters. The zero-order valence-corrected chi connectivity index (χ0v) is 14.7. The van der Waals surface area contributed by atoms with Gasteiger partial charge in [0.05, 0.1) is 4.92 Å². The normalized spacial score (nSPS) is 14.8. The summed E-state index contributed by atoms with van der Waals surface area (Å²) >= 11 is 0. The van der Waals surface area contributed by atoms with Gasteiger partial charge in [-0.3, -0.25) is 30.7 Å². The number of carbonyl (C=O) groups is 1. The van der Waals surface area contributed by atoms with Gasteiger partial charge in [-0.1, -0.05) is 31.7 Å². The number of nitro groups is 1. The molecule has 0 unspecified atom stereocenters. The average Bonchev–Trinajstić information content (AvgIpc) is 2.95. The van der Waals surface area contributed by atoms with E-state index < -0.39 is 10.8 Å². The van der Waals surface area contributed by atoms with Gasteiger partial charge in [-0.25, -0.2) is 9.97 Å². The Bertz CT molecular complexity index is 792. The van der Waals surface area contributed by atoms with Crippen LogP contribution in [-0.2, 0) is 0 Å². The number of carbonyl (C=O) groups excluding carboxylic acids is 1. The van der Waals surface area contributed by atoms with Gasteiger partial charge in [0, 0.05) is 12.2 Å². The number of anilines is 2. The van der Waals surface area contributed by atoms with Crippen molar-refractivity contribution in [3.05, 3.63) is 46.5 Å². The Balaban J connectivity index is 1.74. The van der Waals surface area contributed by atoms with Crippen LogP contribution in [0.2, 0.25) is 0 Å². The molecule has 0 aromatic carbocycles. The molecule has 142 valence electrons. The van der Waals surface area contributed by atoms with E-state index in [2.05, 4.69) is 31.1 Å². The molecule has 27 heavy (non-hydrogen) atoms. The van der Waals surface area contributed by atoms with Crippen LogP contribution in [0.3, 0.4) is 0 Å². The van der Waals surface area contributed by atoms with Crippen LogP contribution >= 0.6 is 0 Å². The second kappa shape index (κ2) is 8.88. The van der Waals surface area contributed by atoms with Gasteiger partial charge in [0.1, 0.15) is 12.0 Å². The van der Waals surface area contributed by atoms with E-state index in [9.17, 15) is 14.9 Å². The lowest BCUT2D eigenvalue weighted by Crippen LogP contribution is -2.31. The molecule has 2 heterocycles. The van der Waals surface area contributed by atoms with Gasteiger partial charge in [0.25, 0.3) is 5.91 Å². The Morgan fingerprint density at radius 2 is 1.81 bits per heavy atom. The van der Waals surface area contributed by atoms with E-state index in [1.54, 1.807) is 12.1 Å². The Labute approximate surface area is 155 Å². The minimum absolute atomic E-state index is 0.0876. The van der Waals surface area contributed by atoms with E-state index >= 15 is 0 Å². The van der Waals surface area contributed by atoms with Crippen molar-refractivity contribution < 1.29 is 9.72 Å². The van der Waals surface area contributed by atoms with Gasteiger partial charge in [-0.15, -0.1) is 0 Å². The van der Waals surface area contributed by atoms with Crippen LogP contribution in [0, 0.1) is 10.1 Å². The highest BCUT2D eigenvalue weighted by molar-refractivity contribution is 5.93. The fraction of sp³-hybridized carbons (Fsp3) is 0.412. The fourth-order valence-electron chi connectivity index (χ4n) is 3.04. The summed E-state index contributed by atoms with van der Waals surface area (Å²) in [6.07, 6.45) is 9.12. The van der Waals surface area contributed by atoms with E-state index in [1.165, 1.54) is 31.4 Å². The van der Waals surface area contributed by atoms with Gasteiger partial charge in [0.2, 0.25) is 11.6 Å². The van der Waals surface area contributed by atoms with Crippen LogP contribution < -0.4 is 16.2 Å². The van der Waals surface area contributed by atoms with Crippen LogP contribution in [0.4, 0.5) is 17.3 Å². The number of nitrogens with one attached hydrogen (secondary N) is 3. The molecule has 0 radical (unpaired) electrons. The number of amides is 1. The maximum absolute atomic E-state index is 12.1. The molecule has 2 aromatic rings. The standard InChI is InChI=1S/C17H21N7O3/c25-17(13-9-5-6-10-18-13)23-22-16-14(24(26)27)15(19-11-20-16)21-12-7-3-1-2-4-8-12/h5-6,9-12H,1-4,7-8H2,(H,23,25)(H2,19,20,21,22). The molecule has 3 rings (SSSR count). The van der Waals surface area contributed by atoms with Gasteiger partial charge >= 0.3 is 5.69 Å². The molecule has 10 heteroatoms. The molecule has 10 nitrogen and oxygen atoms in total. The summed E-state index contributed by atoms with van der Waals surface area (Å²) in [5.41, 5.74) is 4.76. The van der Waals surface area contributed by atoms with Crippen molar-refractivity contribution in [3.8, 4) is 0 Å². The number of aromatic nitrogens is 3. The maximum atomic E-state index is 12.1. The Morgan fingerprint density at radius 3 is 2.48 bits per heavy atom. The van der Waals surface area contributed by atoms with Gasteiger partial charge in [-0.2, -0.15) is 0 Å². The molecule has 1 amide bonds. The fourth-order valence-corrected chi connectivity index (χ4v) is 3.04. The smallest absolute Gasteiger partial charge is 0.354 e. The number of hydrogen-bond donors (Lipinski definition) is 3. The van der Waals surface area contributed by atoms with Crippen molar-refractivity contribution in [1.82, 2.24) is 20.4 Å². The average molecular weight is 371 g/mol. The van der Waals surface area contributed by atoms with E-state index in [1.807, 2.05) is 0 Å². The van der Waals surface area contributed by atoms with Gasteiger partial charge < -0.3 is 5.32 Å². The first-order valence-electron chi connectivity index (χ1n) is 8.88. The number of nitrogens with zero attached hydrogens (tertiary/aromatic N) is 4. The first-order valence-corrected chi connectivity index (χ1v) is 8.88. The van der Waals surface area contributed by atoms with E-state index in [0.29, 0.717) is 0 Å². The van der Waals surface area contributed by atoms with Crippen molar-refractivity contribution in [3.63, 3.8) is 0 Å². The number of hydrogen-bond acceptors (Lipinski definition) is 8. The third-order valence-corrected chi connectivity index (χ3v) is 4.39. The molecule has 0 aliphatic heterocycles. The zero-order chi connectivity index (χ0) is 19.1. The van der Waals surface area contributed by atoms with Crippen molar-refractivity contribution >= 4 is 23.2 Å². The Morgan fingerprint density at radius 1 is 1.07 bits per heavy atom. The SMILES string of the molecule is O=C(NNc1ncnc(NC2CCCCCC2)c1[N+](=O)[O-])c1ccccn1. The van der Waals surface area contributed by atoms with Gasteiger partial charge in [-0.05, 0) is 25.0 Å². The first kappa shape index (κ1) is 18.5. The molecule has 2 aromatic heterocycles. The molecule has 1 aliphatic rings. The quantitative estimate of drug-likeness (QED) is 0.401. The largest absolute Gasteiger partial charge is 0.361 e. The predicted octanol–water partition coefficient (Wildman–Crippen LogP) is 2.67. The van der Waals surface area contributed by atoms with Crippen LogP contribution in [-0.4, -0.2) is 31.8 Å². The van der Waals surface area contributed by atoms with E-state index in [-0.39, 0.29) is 29.1 Å². The molecule has 1 saturated carbocycles. The summed E-state index contributed by atoms with van der Waals surface area (Å²) in [5.74, 6) is -0.464.